The molecule has 0 fully saturated rings. The van der Waals surface area contributed by atoms with Crippen LogP contribution in [0.2, 0.25) is 5.02 Å². The van der Waals surface area contributed by atoms with Gasteiger partial charge in [0.1, 0.15) is 17.4 Å². The highest BCUT2D eigenvalue weighted by atomic mass is 35.5. The monoisotopic (exact) mass is 1080 g/mol. The summed E-state index contributed by atoms with van der Waals surface area (Å²) in [5.41, 5.74) is 3.88. The van der Waals surface area contributed by atoms with E-state index in [-0.39, 0.29) is 40.2 Å². The van der Waals surface area contributed by atoms with E-state index in [1.807, 2.05) is 32.9 Å². The molecule has 0 bridgehead atoms. The van der Waals surface area contributed by atoms with Crippen molar-refractivity contribution in [2.24, 2.45) is 0 Å². The Morgan fingerprint density at radius 1 is 1.01 bits per heavy atom. The van der Waals surface area contributed by atoms with E-state index in [1.54, 1.807) is 24.2 Å². The van der Waals surface area contributed by atoms with Crippen LogP contribution in [0.4, 0.5) is 15.8 Å². The van der Waals surface area contributed by atoms with Crippen molar-refractivity contribution in [1.82, 2.24) is 10.2 Å². The molecule has 4 amide bonds. The van der Waals surface area contributed by atoms with E-state index >= 15 is 0 Å². The highest BCUT2D eigenvalue weighted by Crippen LogP contribution is 2.40. The summed E-state index contributed by atoms with van der Waals surface area (Å²) >= 11 is 22.6. The summed E-state index contributed by atoms with van der Waals surface area (Å²) in [6.45, 7) is 15.9. The lowest BCUT2D eigenvalue weighted by Gasteiger charge is -2.31. The zero-order chi connectivity index (χ0) is 53.1. The molecular formula is C47H64Cl4FN4O13P. The van der Waals surface area contributed by atoms with Gasteiger partial charge in [-0.05, 0) is 69.6 Å². The Labute approximate surface area is 429 Å². The molecule has 1 atom stereocenters. The molecule has 0 saturated heterocycles. The van der Waals surface area contributed by atoms with Crippen LogP contribution in [0.15, 0.2) is 66.8 Å². The summed E-state index contributed by atoms with van der Waals surface area (Å²) < 4.78 is 40.2. The predicted molar refractivity (Wildman–Crippen MR) is 270 cm³/mol. The van der Waals surface area contributed by atoms with Crippen molar-refractivity contribution in [3.05, 3.63) is 88.8 Å². The van der Waals surface area contributed by atoms with Crippen LogP contribution in [0.25, 0.3) is 0 Å². The van der Waals surface area contributed by atoms with Gasteiger partial charge in [-0.15, -0.1) is 24.8 Å². The van der Waals surface area contributed by atoms with Gasteiger partial charge in [0.25, 0.3) is 17.7 Å². The molecule has 0 saturated carbocycles. The number of nitrogens with one attached hydrogen (secondary N) is 1. The number of carboxylic acid groups (broad SMARTS) is 1. The first-order valence-electron chi connectivity index (χ1n) is 22.1. The average Bonchev–Trinajstić information content (AvgIpc) is 3.56. The molecule has 17 nitrogen and oxygen atoms in total. The number of carboxylic acids is 1. The van der Waals surface area contributed by atoms with Gasteiger partial charge in [-0.2, -0.15) is 0 Å². The fourth-order valence-electron chi connectivity index (χ4n) is 6.81. The quantitative estimate of drug-likeness (QED) is 0.0205. The molecule has 1 aliphatic carbocycles. The lowest BCUT2D eigenvalue weighted by Crippen LogP contribution is -2.43. The zero-order valence-electron chi connectivity index (χ0n) is 40.0. The van der Waals surface area contributed by atoms with Gasteiger partial charge in [0.2, 0.25) is 5.91 Å². The second kappa shape index (κ2) is 33.3. The highest BCUT2D eigenvalue weighted by Gasteiger charge is 2.41. The van der Waals surface area contributed by atoms with Crippen molar-refractivity contribution >= 4 is 101 Å². The Bertz CT molecular complexity index is 2160. The molecule has 390 valence electrons. The number of methoxy groups -OCH3 is 1. The van der Waals surface area contributed by atoms with Crippen molar-refractivity contribution in [1.29, 1.82) is 0 Å². The molecule has 4 rings (SSSR count). The molecule has 2 aliphatic rings. The van der Waals surface area contributed by atoms with E-state index in [0.717, 1.165) is 66.3 Å². The molecule has 70 heavy (non-hydrogen) atoms. The number of esters is 1. The minimum Gasteiger partial charge on any atom is -0.480 e. The van der Waals surface area contributed by atoms with Gasteiger partial charge in [0, 0.05) is 37.4 Å². The van der Waals surface area contributed by atoms with Crippen molar-refractivity contribution in [3.63, 3.8) is 0 Å². The van der Waals surface area contributed by atoms with Crippen molar-refractivity contribution in [2.75, 3.05) is 68.5 Å². The SMILES string of the molecule is C=CCN(CC=C)C(=O)C(Cl)Cl.CCCCCOC(=O)COc1cc(N2C(=O)C3=C(CCCC3)C2=O)c(F)cc1Cl.CCc1cccc(C)c1N(C(=O)CCl)C(C)COC.O=C(O)CNCP(=O)(O)O. The molecule has 4 N–H and O–H groups in total. The van der Waals surface area contributed by atoms with Gasteiger partial charge in [-0.3, -0.25) is 33.9 Å². The van der Waals surface area contributed by atoms with Crippen LogP contribution in [0.3, 0.4) is 0 Å². The fourth-order valence-corrected chi connectivity index (χ4v) is 7.82. The van der Waals surface area contributed by atoms with Crippen molar-refractivity contribution in [2.45, 2.75) is 89.9 Å². The summed E-state index contributed by atoms with van der Waals surface area (Å²) in [7, 11) is -2.46. The van der Waals surface area contributed by atoms with Crippen LogP contribution in [0.5, 0.6) is 5.75 Å². The van der Waals surface area contributed by atoms with Gasteiger partial charge in [0.15, 0.2) is 11.4 Å². The van der Waals surface area contributed by atoms with Gasteiger partial charge in [-0.25, -0.2) is 14.1 Å². The minimum atomic E-state index is -4.10. The number of benzene rings is 2. The maximum atomic E-state index is 14.5. The van der Waals surface area contributed by atoms with Crippen molar-refractivity contribution < 1.29 is 66.8 Å². The molecule has 2 aromatic carbocycles. The van der Waals surface area contributed by atoms with Gasteiger partial charge in [0.05, 0.1) is 48.5 Å². The Morgan fingerprint density at radius 2 is 1.61 bits per heavy atom. The molecular weight excluding hydrogens is 1020 g/mol. The second-order valence-corrected chi connectivity index (χ2v) is 18.9. The van der Waals surface area contributed by atoms with Crippen LogP contribution in [-0.2, 0) is 49.2 Å². The maximum Gasteiger partial charge on any atom is 0.344 e. The van der Waals surface area contributed by atoms with Gasteiger partial charge < -0.3 is 38.9 Å². The normalized spacial score (nSPS) is 13.4. The number of carbonyl (C=O) groups excluding carboxylic acids is 5. The first-order chi connectivity index (χ1) is 33.0. The molecule has 0 spiro atoms. The standard InChI is InChI=1S/C21H23ClFNO5.C15H22ClNO2.C8H11Cl2NO.C3H8NO5P/c1-2-3-6-9-28-19(25)12-29-18-11-17(16(23)10-15(18)22)24-20(26)13-7-4-5-8-14(13)21(24)27;1-5-13-8-6-7-11(2)15(13)17(14(18)9-16)12(3)10-19-4;1-3-5-11(6-4-2)8(12)7(9)10;5-3(6)1-4-2-10(7,8)9/h10-11H,2-9,12H2,1H3;6-8,12H,5,9-10H2,1-4H3;3-4,7H,1-2,5-6H2;4H,1-2H2,(H,5,6)(H2,7,8,9). The van der Waals surface area contributed by atoms with Gasteiger partial charge in [-0.1, -0.05) is 91.8 Å². The van der Waals surface area contributed by atoms with E-state index < -0.39 is 61.4 Å². The van der Waals surface area contributed by atoms with Crippen LogP contribution in [-0.4, -0.2) is 125 Å². The molecule has 0 radical (unpaired) electrons. The Morgan fingerprint density at radius 3 is 2.10 bits per heavy atom. The van der Waals surface area contributed by atoms with E-state index in [4.69, 9.17) is 75.5 Å². The second-order valence-electron chi connectivity index (χ2n) is 15.5. The number of nitrogens with zero attached hydrogens (tertiary/aromatic N) is 3. The Hall–Kier alpha value is -4.36. The number of halogens is 5. The fraction of sp³-hybridized carbons (Fsp3) is 0.489. The molecule has 0 aromatic heterocycles. The first kappa shape index (κ1) is 63.7. The third-order valence-electron chi connectivity index (χ3n) is 9.96. The number of ether oxygens (including phenoxy) is 3. The number of hydrogen-bond donors (Lipinski definition) is 4. The van der Waals surface area contributed by atoms with E-state index in [2.05, 4.69) is 31.5 Å². The molecule has 23 heteroatoms. The number of para-hydroxylation sites is 1. The van der Waals surface area contributed by atoms with E-state index in [1.165, 1.54) is 11.0 Å². The van der Waals surface area contributed by atoms with E-state index in [9.17, 15) is 37.7 Å². The lowest BCUT2D eigenvalue weighted by molar-refractivity contribution is -0.146. The van der Waals surface area contributed by atoms with Gasteiger partial charge >= 0.3 is 19.5 Å². The third kappa shape index (κ3) is 21.6. The maximum absolute atomic E-state index is 14.5. The number of aliphatic carboxylic acids is 1. The summed E-state index contributed by atoms with van der Waals surface area (Å²) in [6, 6.07) is 8.19. The molecule has 1 heterocycles. The van der Waals surface area contributed by atoms with Crippen LogP contribution in [0.1, 0.15) is 76.8 Å². The van der Waals surface area contributed by atoms with E-state index in [0.29, 0.717) is 50.3 Å². The summed E-state index contributed by atoms with van der Waals surface area (Å²) in [5.74, 6) is -3.98. The highest BCUT2D eigenvalue weighted by molar-refractivity contribution is 7.51. The number of hydrogen-bond acceptors (Lipinski definition) is 11. The average molecular weight is 1080 g/mol. The third-order valence-corrected chi connectivity index (χ3v) is 11.5. The summed E-state index contributed by atoms with van der Waals surface area (Å²) in [4.78, 5) is 89.7. The first-order valence-corrected chi connectivity index (χ1v) is 25.7. The molecule has 2 aromatic rings. The number of rotatable bonds is 23. The van der Waals surface area contributed by atoms with Crippen LogP contribution >= 0.6 is 54.0 Å². The Balaban J connectivity index is 0.000000514. The number of amides is 4. The van der Waals surface area contributed by atoms with Crippen LogP contribution in [0, 0.1) is 12.7 Å². The summed E-state index contributed by atoms with van der Waals surface area (Å²) in [5, 5.41) is 9.99. The zero-order valence-corrected chi connectivity index (χ0v) is 43.9. The number of unbranched alkanes of at least 4 members (excludes halogenated alkanes) is 2. The topological polar surface area (TPSA) is 230 Å². The Kier molecular flexibility index (Phi) is 30.3. The number of aryl methyl sites for hydroxylation is 2. The largest absolute Gasteiger partial charge is 0.480 e. The predicted octanol–water partition coefficient (Wildman–Crippen LogP) is 8.29. The number of alkyl halides is 3. The number of carbonyl (C=O) groups is 6. The minimum absolute atomic E-state index is 0.000883. The summed E-state index contributed by atoms with van der Waals surface area (Å²) in [6.07, 6.45) is 8.90. The van der Waals surface area contributed by atoms with Crippen molar-refractivity contribution in [3.8, 4) is 5.75 Å². The smallest absolute Gasteiger partial charge is 0.344 e. The number of imide groups is 1. The number of anilines is 2. The molecule has 1 aliphatic heterocycles. The lowest BCUT2D eigenvalue weighted by atomic mass is 9.93. The van der Waals surface area contributed by atoms with Crippen LogP contribution < -0.4 is 19.9 Å². The molecule has 1 unspecified atom stereocenters.